The van der Waals surface area contributed by atoms with Crippen LogP contribution >= 0.6 is 0 Å². The Balaban J connectivity index is 1.86. The molecule has 2 aromatic rings. The fraction of sp³-hybridized carbons (Fsp3) is 0.438. The Bertz CT molecular complexity index is 640. The van der Waals surface area contributed by atoms with Gasteiger partial charge in [-0.2, -0.15) is 0 Å². The Morgan fingerprint density at radius 2 is 2.05 bits per heavy atom. The minimum absolute atomic E-state index is 0.911. The van der Waals surface area contributed by atoms with Crippen molar-refractivity contribution in [1.82, 2.24) is 14.9 Å². The van der Waals surface area contributed by atoms with Crippen LogP contribution in [-0.4, -0.2) is 16.1 Å². The van der Waals surface area contributed by atoms with Gasteiger partial charge in [-0.1, -0.05) is 6.07 Å². The third kappa shape index (κ3) is 1.72. The fourth-order valence-electron chi connectivity index (χ4n) is 3.49. The number of rotatable bonds is 1. The third-order valence-electron chi connectivity index (χ3n) is 4.39. The van der Waals surface area contributed by atoms with Crippen molar-refractivity contribution in [3.8, 4) is 5.69 Å². The molecule has 2 heterocycles. The number of fused-ring (bicyclic) bond motifs is 2. The van der Waals surface area contributed by atoms with E-state index in [9.17, 15) is 0 Å². The van der Waals surface area contributed by atoms with Crippen LogP contribution in [0.2, 0.25) is 0 Å². The summed E-state index contributed by atoms with van der Waals surface area (Å²) < 4.78 is 2.36. The predicted octanol–water partition coefficient (Wildman–Crippen LogP) is 2.32. The number of hydrogen-bond acceptors (Lipinski definition) is 2. The van der Waals surface area contributed by atoms with E-state index in [0.717, 1.165) is 25.3 Å². The van der Waals surface area contributed by atoms with Crippen molar-refractivity contribution < 1.29 is 0 Å². The van der Waals surface area contributed by atoms with E-state index in [2.05, 4.69) is 35.0 Å². The van der Waals surface area contributed by atoms with Crippen LogP contribution in [0.3, 0.4) is 0 Å². The summed E-state index contributed by atoms with van der Waals surface area (Å²) in [5, 5.41) is 3.40. The average Bonchev–Trinajstić information content (AvgIpc) is 3.00. The molecule has 3 nitrogen and oxygen atoms in total. The number of hydrogen-bond donors (Lipinski definition) is 1. The van der Waals surface area contributed by atoms with Crippen LogP contribution in [-0.2, 0) is 25.8 Å². The van der Waals surface area contributed by atoms with Gasteiger partial charge in [-0.25, -0.2) is 4.98 Å². The highest BCUT2D eigenvalue weighted by Crippen LogP contribution is 2.27. The van der Waals surface area contributed by atoms with E-state index < -0.39 is 0 Å². The van der Waals surface area contributed by atoms with E-state index in [-0.39, 0.29) is 0 Å². The highest BCUT2D eigenvalue weighted by atomic mass is 15.1. The van der Waals surface area contributed by atoms with Crippen molar-refractivity contribution in [2.24, 2.45) is 0 Å². The number of benzene rings is 1. The molecule has 0 fully saturated rings. The molecule has 0 unspecified atom stereocenters. The van der Waals surface area contributed by atoms with Gasteiger partial charge in [0, 0.05) is 30.9 Å². The Hall–Kier alpha value is -1.61. The summed E-state index contributed by atoms with van der Waals surface area (Å²) in [6, 6.07) is 6.95. The topological polar surface area (TPSA) is 29.9 Å². The fourth-order valence-corrected chi connectivity index (χ4v) is 3.49. The van der Waals surface area contributed by atoms with Crippen LogP contribution in [0.25, 0.3) is 5.69 Å². The second-order valence-electron chi connectivity index (χ2n) is 5.62. The Kier molecular flexibility index (Phi) is 2.49. The monoisotopic (exact) mass is 253 g/mol. The number of nitrogens with zero attached hydrogens (tertiary/aromatic N) is 2. The van der Waals surface area contributed by atoms with E-state index in [1.807, 2.05) is 0 Å². The molecule has 0 amide bonds. The van der Waals surface area contributed by atoms with Crippen LogP contribution in [0, 0.1) is 6.92 Å². The molecule has 0 spiro atoms. The zero-order valence-electron chi connectivity index (χ0n) is 11.4. The van der Waals surface area contributed by atoms with Gasteiger partial charge in [-0.15, -0.1) is 0 Å². The summed E-state index contributed by atoms with van der Waals surface area (Å²) >= 11 is 0. The van der Waals surface area contributed by atoms with E-state index in [1.54, 1.807) is 0 Å². The maximum Gasteiger partial charge on any atom is 0.110 e. The maximum absolute atomic E-state index is 4.72. The molecule has 19 heavy (non-hydrogen) atoms. The lowest BCUT2D eigenvalue weighted by molar-refractivity contribution is 0.620. The first-order chi connectivity index (χ1) is 9.33. The first-order valence-corrected chi connectivity index (χ1v) is 7.23. The van der Waals surface area contributed by atoms with Gasteiger partial charge in [0.15, 0.2) is 0 Å². The second-order valence-corrected chi connectivity index (χ2v) is 5.62. The van der Waals surface area contributed by atoms with Crippen molar-refractivity contribution in [3.63, 3.8) is 0 Å². The summed E-state index contributed by atoms with van der Waals surface area (Å²) in [4.78, 5) is 4.72. The zero-order valence-corrected chi connectivity index (χ0v) is 11.4. The molecular formula is C16H19N3. The van der Waals surface area contributed by atoms with Crippen molar-refractivity contribution in [1.29, 1.82) is 0 Å². The molecule has 0 radical (unpaired) electrons. The summed E-state index contributed by atoms with van der Waals surface area (Å²) in [5.41, 5.74) is 7.00. The SMILES string of the molecule is Cc1nc2c(n1-c1ccc3c(c1)CCC3)CCNC2. The van der Waals surface area contributed by atoms with E-state index in [0.29, 0.717) is 0 Å². The summed E-state index contributed by atoms with van der Waals surface area (Å²) in [6.45, 7) is 4.09. The quantitative estimate of drug-likeness (QED) is 0.845. The smallest absolute Gasteiger partial charge is 0.110 e. The lowest BCUT2D eigenvalue weighted by atomic mass is 10.1. The van der Waals surface area contributed by atoms with E-state index >= 15 is 0 Å². The van der Waals surface area contributed by atoms with Gasteiger partial charge in [0.05, 0.1) is 5.69 Å². The third-order valence-corrected chi connectivity index (χ3v) is 4.39. The molecule has 1 aliphatic heterocycles. The molecule has 1 aromatic carbocycles. The van der Waals surface area contributed by atoms with Crippen LogP contribution in [0.4, 0.5) is 0 Å². The van der Waals surface area contributed by atoms with Crippen LogP contribution in [0.1, 0.15) is 34.8 Å². The van der Waals surface area contributed by atoms with Gasteiger partial charge in [0.2, 0.25) is 0 Å². The van der Waals surface area contributed by atoms with E-state index in [1.165, 1.54) is 47.5 Å². The number of nitrogens with one attached hydrogen (secondary N) is 1. The molecule has 0 bridgehead atoms. The van der Waals surface area contributed by atoms with Gasteiger partial charge in [-0.3, -0.25) is 0 Å². The molecule has 1 aliphatic carbocycles. The van der Waals surface area contributed by atoms with Crippen LogP contribution < -0.4 is 5.32 Å². The number of imidazole rings is 1. The van der Waals surface area contributed by atoms with Crippen molar-refractivity contribution in [2.45, 2.75) is 39.2 Å². The first-order valence-electron chi connectivity index (χ1n) is 7.23. The Morgan fingerprint density at radius 3 is 3.00 bits per heavy atom. The molecule has 98 valence electrons. The molecular weight excluding hydrogens is 234 g/mol. The van der Waals surface area contributed by atoms with Crippen molar-refractivity contribution in [2.75, 3.05) is 6.54 Å². The molecule has 4 rings (SSSR count). The lowest BCUT2D eigenvalue weighted by Gasteiger charge is -2.16. The molecule has 0 saturated carbocycles. The Labute approximate surface area is 113 Å². The minimum Gasteiger partial charge on any atom is -0.311 e. The second kappa shape index (κ2) is 4.20. The molecule has 2 aliphatic rings. The summed E-state index contributed by atoms with van der Waals surface area (Å²) in [5.74, 6) is 1.12. The van der Waals surface area contributed by atoms with E-state index in [4.69, 9.17) is 4.98 Å². The Morgan fingerprint density at radius 1 is 1.16 bits per heavy atom. The van der Waals surface area contributed by atoms with Gasteiger partial charge in [0.1, 0.15) is 5.82 Å². The molecule has 1 N–H and O–H groups in total. The highest BCUT2D eigenvalue weighted by molar-refractivity contribution is 5.45. The zero-order chi connectivity index (χ0) is 12.8. The molecule has 1 aromatic heterocycles. The average molecular weight is 253 g/mol. The molecule has 0 atom stereocenters. The number of aryl methyl sites for hydroxylation is 3. The van der Waals surface area contributed by atoms with Gasteiger partial charge >= 0.3 is 0 Å². The van der Waals surface area contributed by atoms with Crippen molar-refractivity contribution in [3.05, 3.63) is 46.5 Å². The maximum atomic E-state index is 4.72. The standard InChI is InChI=1S/C16H19N3/c1-11-18-15-10-17-8-7-16(15)19(11)14-6-5-12-3-2-4-13(12)9-14/h5-6,9,17H,2-4,7-8,10H2,1H3. The van der Waals surface area contributed by atoms with Gasteiger partial charge in [-0.05, 0) is 49.4 Å². The predicted molar refractivity (Wildman–Crippen MR) is 75.7 cm³/mol. The molecule has 3 heteroatoms. The van der Waals surface area contributed by atoms with Crippen molar-refractivity contribution >= 4 is 0 Å². The normalized spacial score (nSPS) is 17.3. The van der Waals surface area contributed by atoms with Gasteiger partial charge in [0.25, 0.3) is 0 Å². The largest absolute Gasteiger partial charge is 0.311 e. The lowest BCUT2D eigenvalue weighted by Crippen LogP contribution is -2.24. The first kappa shape index (κ1) is 11.2. The summed E-state index contributed by atoms with van der Waals surface area (Å²) in [6.07, 6.45) is 4.87. The highest BCUT2D eigenvalue weighted by Gasteiger charge is 2.20. The van der Waals surface area contributed by atoms with Crippen LogP contribution in [0.5, 0.6) is 0 Å². The number of aromatic nitrogens is 2. The summed E-state index contributed by atoms with van der Waals surface area (Å²) in [7, 11) is 0. The van der Waals surface area contributed by atoms with Gasteiger partial charge < -0.3 is 9.88 Å². The minimum atomic E-state index is 0.911. The molecule has 0 saturated heterocycles. The van der Waals surface area contributed by atoms with Crippen LogP contribution in [0.15, 0.2) is 18.2 Å².